The Hall–Kier alpha value is -3.85. The molecule has 42 heavy (non-hydrogen) atoms. The number of rotatable bonds is 11. The molecule has 0 bridgehead atoms. The lowest BCUT2D eigenvalue weighted by molar-refractivity contribution is -0.155. The SMILES string of the molecule is COCCOC1(C(=O)NCCO)CCC(c2nc3c(-c4ccn(-c5ccccc5)n4)cnn3c(N)c2S(C)(=O)=O)CC1. The van der Waals surface area contributed by atoms with Gasteiger partial charge in [-0.2, -0.15) is 14.7 Å². The Bertz CT molecular complexity index is 1660. The average Bonchev–Trinajstić information content (AvgIpc) is 3.64. The first kappa shape index (κ1) is 29.6. The molecule has 1 saturated carbocycles. The number of ether oxygens (including phenoxy) is 2. The van der Waals surface area contributed by atoms with Gasteiger partial charge in [0, 0.05) is 32.0 Å². The van der Waals surface area contributed by atoms with Crippen LogP contribution >= 0.6 is 0 Å². The summed E-state index contributed by atoms with van der Waals surface area (Å²) >= 11 is 0. The quantitative estimate of drug-likeness (QED) is 0.216. The van der Waals surface area contributed by atoms with Crippen molar-refractivity contribution in [2.24, 2.45) is 0 Å². The lowest BCUT2D eigenvalue weighted by atomic mass is 9.76. The molecule has 1 fully saturated rings. The molecule has 1 aliphatic rings. The van der Waals surface area contributed by atoms with Gasteiger partial charge in [-0.3, -0.25) is 4.79 Å². The maximum Gasteiger partial charge on any atom is 0.252 e. The van der Waals surface area contributed by atoms with Crippen molar-refractivity contribution in [1.29, 1.82) is 0 Å². The number of methoxy groups -OCH3 is 1. The molecule has 0 spiro atoms. The molecule has 14 heteroatoms. The largest absolute Gasteiger partial charge is 0.395 e. The molecule has 1 aliphatic carbocycles. The van der Waals surface area contributed by atoms with Crippen molar-refractivity contribution in [3.05, 3.63) is 54.5 Å². The Balaban J connectivity index is 1.52. The van der Waals surface area contributed by atoms with Gasteiger partial charge in [0.2, 0.25) is 0 Å². The van der Waals surface area contributed by atoms with Crippen molar-refractivity contribution in [1.82, 2.24) is 29.7 Å². The van der Waals surface area contributed by atoms with E-state index in [1.807, 2.05) is 42.6 Å². The van der Waals surface area contributed by atoms with Gasteiger partial charge in [0.25, 0.3) is 5.91 Å². The van der Waals surface area contributed by atoms with E-state index in [1.54, 1.807) is 18.0 Å². The highest BCUT2D eigenvalue weighted by Crippen LogP contribution is 2.43. The van der Waals surface area contributed by atoms with Gasteiger partial charge in [-0.25, -0.2) is 18.1 Å². The number of hydrogen-bond acceptors (Lipinski definition) is 10. The van der Waals surface area contributed by atoms with E-state index >= 15 is 0 Å². The van der Waals surface area contributed by atoms with E-state index in [0.29, 0.717) is 54.9 Å². The molecular weight excluding hydrogens is 562 g/mol. The molecule has 0 saturated heterocycles. The summed E-state index contributed by atoms with van der Waals surface area (Å²) in [5.41, 5.74) is 8.17. The third-order valence-electron chi connectivity index (χ3n) is 7.58. The van der Waals surface area contributed by atoms with Crippen LogP contribution in [0, 0.1) is 0 Å². The molecule has 1 amide bonds. The minimum absolute atomic E-state index is 0.0277. The van der Waals surface area contributed by atoms with Gasteiger partial charge in [0.1, 0.15) is 16.3 Å². The minimum atomic E-state index is -3.79. The van der Waals surface area contributed by atoms with Crippen molar-refractivity contribution >= 4 is 27.2 Å². The molecule has 5 rings (SSSR count). The van der Waals surface area contributed by atoms with E-state index in [0.717, 1.165) is 11.9 Å². The van der Waals surface area contributed by atoms with Crippen LogP contribution in [0.2, 0.25) is 0 Å². The predicted octanol–water partition coefficient (Wildman–Crippen LogP) is 1.74. The number of sulfone groups is 1. The third kappa shape index (κ3) is 5.75. The van der Waals surface area contributed by atoms with Gasteiger partial charge in [0.05, 0.1) is 48.7 Å². The number of nitrogens with two attached hydrogens (primary N) is 1. The molecule has 224 valence electrons. The number of amides is 1. The predicted molar refractivity (Wildman–Crippen MR) is 155 cm³/mol. The van der Waals surface area contributed by atoms with Crippen LogP contribution in [0.25, 0.3) is 22.6 Å². The maximum atomic E-state index is 13.1. The second-order valence-electron chi connectivity index (χ2n) is 10.3. The zero-order chi connectivity index (χ0) is 29.9. The van der Waals surface area contributed by atoms with Gasteiger partial charge >= 0.3 is 0 Å². The van der Waals surface area contributed by atoms with Crippen LogP contribution in [0.4, 0.5) is 5.82 Å². The molecule has 0 unspecified atom stereocenters. The minimum Gasteiger partial charge on any atom is -0.395 e. The number of benzene rings is 1. The molecule has 0 atom stereocenters. The highest BCUT2D eigenvalue weighted by atomic mass is 32.2. The first-order valence-electron chi connectivity index (χ1n) is 13.7. The number of anilines is 1. The fraction of sp³-hybridized carbons (Fsp3) is 0.429. The first-order valence-corrected chi connectivity index (χ1v) is 15.6. The summed E-state index contributed by atoms with van der Waals surface area (Å²) in [5, 5.41) is 21.0. The number of nitrogen functional groups attached to an aromatic ring is 1. The molecule has 3 heterocycles. The Labute approximate surface area is 243 Å². The Morgan fingerprint density at radius 1 is 1.19 bits per heavy atom. The normalized spacial score (nSPS) is 19.3. The Morgan fingerprint density at radius 2 is 1.93 bits per heavy atom. The van der Waals surface area contributed by atoms with Crippen LogP contribution in [-0.4, -0.2) is 89.1 Å². The number of aliphatic hydroxyl groups excluding tert-OH is 1. The topological polar surface area (TPSA) is 176 Å². The van der Waals surface area contributed by atoms with Crippen molar-refractivity contribution in [2.75, 3.05) is 45.5 Å². The summed E-state index contributed by atoms with van der Waals surface area (Å²) in [6, 6.07) is 11.5. The number of nitrogens with one attached hydrogen (secondary N) is 1. The van der Waals surface area contributed by atoms with E-state index in [9.17, 15) is 18.3 Å². The highest BCUT2D eigenvalue weighted by molar-refractivity contribution is 7.91. The van der Waals surface area contributed by atoms with Crippen LogP contribution in [0.1, 0.15) is 37.3 Å². The van der Waals surface area contributed by atoms with Gasteiger partial charge in [-0.15, -0.1) is 0 Å². The van der Waals surface area contributed by atoms with E-state index in [-0.39, 0.29) is 42.3 Å². The zero-order valence-corrected chi connectivity index (χ0v) is 24.4. The molecular formula is C28H35N7O6S. The molecule has 0 radical (unpaired) electrons. The number of aliphatic hydroxyl groups is 1. The van der Waals surface area contributed by atoms with Crippen molar-refractivity contribution in [2.45, 2.75) is 42.1 Å². The number of para-hydroxylation sites is 1. The second kappa shape index (κ2) is 12.2. The number of carbonyl (C=O) groups excluding carboxylic acids is 1. The van der Waals surface area contributed by atoms with E-state index in [1.165, 1.54) is 4.52 Å². The molecule has 3 aromatic heterocycles. The monoisotopic (exact) mass is 597 g/mol. The van der Waals surface area contributed by atoms with Crippen LogP contribution in [-0.2, 0) is 24.1 Å². The number of fused-ring (bicyclic) bond motifs is 1. The maximum absolute atomic E-state index is 13.1. The summed E-state index contributed by atoms with van der Waals surface area (Å²) in [7, 11) is -2.24. The lowest BCUT2D eigenvalue weighted by Crippen LogP contribution is -2.52. The Morgan fingerprint density at radius 3 is 2.60 bits per heavy atom. The number of carbonyl (C=O) groups is 1. The molecule has 0 aliphatic heterocycles. The van der Waals surface area contributed by atoms with E-state index in [4.69, 9.17) is 20.2 Å². The summed E-state index contributed by atoms with van der Waals surface area (Å²) in [6.45, 7) is 0.444. The van der Waals surface area contributed by atoms with E-state index < -0.39 is 15.4 Å². The standard InChI is InChI=1S/C28H35N7O6S/c1-40-16-17-41-28(27(37)30-13-15-36)11-8-19(9-12-28)23-24(42(2,38)39)25(29)35-26(32-23)21(18-31-35)22-10-14-34(33-22)20-6-4-3-5-7-20/h3-7,10,14,18-19,36H,8-9,11-13,15-17,29H2,1-2H3,(H,30,37). The van der Waals surface area contributed by atoms with Crippen molar-refractivity contribution in [3.8, 4) is 16.9 Å². The molecule has 13 nitrogen and oxygen atoms in total. The van der Waals surface area contributed by atoms with Gasteiger partial charge in [-0.1, -0.05) is 18.2 Å². The molecule has 1 aromatic carbocycles. The number of hydrogen-bond donors (Lipinski definition) is 3. The number of nitrogens with zero attached hydrogens (tertiary/aromatic N) is 5. The molecule has 4 aromatic rings. The van der Waals surface area contributed by atoms with Crippen molar-refractivity contribution < 1.29 is 27.8 Å². The third-order valence-corrected chi connectivity index (χ3v) is 8.74. The molecule has 4 N–H and O–H groups in total. The van der Waals surface area contributed by atoms with E-state index in [2.05, 4.69) is 15.5 Å². The summed E-state index contributed by atoms with van der Waals surface area (Å²) in [4.78, 5) is 17.9. The Kier molecular flexibility index (Phi) is 8.59. The van der Waals surface area contributed by atoms with Gasteiger partial charge in [0.15, 0.2) is 15.5 Å². The van der Waals surface area contributed by atoms with Crippen LogP contribution in [0.3, 0.4) is 0 Å². The summed E-state index contributed by atoms with van der Waals surface area (Å²) in [6.07, 6.45) is 6.01. The smallest absolute Gasteiger partial charge is 0.252 e. The second-order valence-corrected chi connectivity index (χ2v) is 12.3. The fourth-order valence-corrected chi connectivity index (χ4v) is 6.55. The van der Waals surface area contributed by atoms with Crippen LogP contribution in [0.15, 0.2) is 53.7 Å². The lowest BCUT2D eigenvalue weighted by Gasteiger charge is -2.39. The van der Waals surface area contributed by atoms with Gasteiger partial charge in [-0.05, 0) is 43.9 Å². The first-order chi connectivity index (χ1) is 20.2. The fourth-order valence-electron chi connectivity index (χ4n) is 5.49. The highest BCUT2D eigenvalue weighted by Gasteiger charge is 2.44. The zero-order valence-electron chi connectivity index (χ0n) is 23.6. The van der Waals surface area contributed by atoms with Crippen molar-refractivity contribution in [3.63, 3.8) is 0 Å². The summed E-state index contributed by atoms with van der Waals surface area (Å²) in [5.74, 6) is -0.652. The number of aromatic nitrogens is 5. The van der Waals surface area contributed by atoms with Crippen LogP contribution < -0.4 is 11.1 Å². The average molecular weight is 598 g/mol. The van der Waals surface area contributed by atoms with Gasteiger partial charge < -0.3 is 25.6 Å². The van der Waals surface area contributed by atoms with Crippen LogP contribution in [0.5, 0.6) is 0 Å². The summed E-state index contributed by atoms with van der Waals surface area (Å²) < 4.78 is 40.3.